The van der Waals surface area contributed by atoms with Crippen LogP contribution in [0.3, 0.4) is 0 Å². The Morgan fingerprint density at radius 3 is 2.63 bits per heavy atom. The summed E-state index contributed by atoms with van der Waals surface area (Å²) < 4.78 is 4.61. The third-order valence-electron chi connectivity index (χ3n) is 2.91. The number of amides is 1. The average Bonchev–Trinajstić information content (AvgIpc) is 2.43. The van der Waals surface area contributed by atoms with Crippen LogP contribution in [0.4, 0.5) is 5.69 Å². The SMILES string of the molecule is CCC(NC(=O)CCc1ccccc1N)C(=O)OC. The van der Waals surface area contributed by atoms with E-state index >= 15 is 0 Å². The molecule has 0 radical (unpaired) electrons. The van der Waals surface area contributed by atoms with Crippen LogP contribution in [0.1, 0.15) is 25.3 Å². The number of ether oxygens (including phenoxy) is 1. The minimum Gasteiger partial charge on any atom is -0.467 e. The average molecular weight is 264 g/mol. The first-order valence-electron chi connectivity index (χ1n) is 6.29. The van der Waals surface area contributed by atoms with Crippen molar-refractivity contribution < 1.29 is 14.3 Å². The van der Waals surface area contributed by atoms with E-state index in [0.717, 1.165) is 5.56 Å². The maximum Gasteiger partial charge on any atom is 0.328 e. The zero-order valence-corrected chi connectivity index (χ0v) is 11.3. The van der Waals surface area contributed by atoms with Crippen LogP contribution in [0.2, 0.25) is 0 Å². The van der Waals surface area contributed by atoms with Crippen LogP contribution in [-0.2, 0) is 20.7 Å². The topological polar surface area (TPSA) is 81.4 Å². The van der Waals surface area contributed by atoms with Gasteiger partial charge in [-0.3, -0.25) is 4.79 Å². The van der Waals surface area contributed by atoms with Crippen molar-refractivity contribution in [2.75, 3.05) is 12.8 Å². The predicted octanol–water partition coefficient (Wildman–Crippen LogP) is 1.27. The molecule has 3 N–H and O–H groups in total. The highest BCUT2D eigenvalue weighted by molar-refractivity contribution is 5.84. The number of hydrogen-bond acceptors (Lipinski definition) is 4. The lowest BCUT2D eigenvalue weighted by atomic mass is 10.1. The third-order valence-corrected chi connectivity index (χ3v) is 2.91. The molecule has 5 nitrogen and oxygen atoms in total. The Kier molecular flexibility index (Phi) is 5.85. The van der Waals surface area contributed by atoms with Crippen LogP contribution in [0.25, 0.3) is 0 Å². The molecule has 0 aliphatic carbocycles. The molecule has 0 heterocycles. The highest BCUT2D eigenvalue weighted by Gasteiger charge is 2.18. The second-order valence-electron chi connectivity index (χ2n) is 4.25. The first-order chi connectivity index (χ1) is 9.08. The van der Waals surface area contributed by atoms with Crippen LogP contribution in [-0.4, -0.2) is 25.0 Å². The van der Waals surface area contributed by atoms with Gasteiger partial charge in [-0.15, -0.1) is 0 Å². The first kappa shape index (κ1) is 15.0. The maximum atomic E-state index is 11.8. The number of rotatable bonds is 6. The number of aryl methyl sites for hydroxylation is 1. The number of nitrogens with two attached hydrogens (primary N) is 1. The lowest BCUT2D eigenvalue weighted by molar-refractivity contribution is -0.145. The number of para-hydroxylation sites is 1. The number of esters is 1. The van der Waals surface area contributed by atoms with Crippen LogP contribution >= 0.6 is 0 Å². The van der Waals surface area contributed by atoms with Gasteiger partial charge in [0, 0.05) is 12.1 Å². The van der Waals surface area contributed by atoms with Crippen molar-refractivity contribution >= 4 is 17.6 Å². The largest absolute Gasteiger partial charge is 0.467 e. The fraction of sp³-hybridized carbons (Fsp3) is 0.429. The van der Waals surface area contributed by atoms with E-state index < -0.39 is 12.0 Å². The van der Waals surface area contributed by atoms with E-state index in [-0.39, 0.29) is 5.91 Å². The maximum absolute atomic E-state index is 11.8. The lowest BCUT2D eigenvalue weighted by Gasteiger charge is -2.14. The van der Waals surface area contributed by atoms with Crippen LogP contribution < -0.4 is 11.1 Å². The van der Waals surface area contributed by atoms with E-state index in [4.69, 9.17) is 5.73 Å². The number of carbonyl (C=O) groups is 2. The summed E-state index contributed by atoms with van der Waals surface area (Å²) in [6, 6.07) is 6.85. The Bertz CT molecular complexity index is 446. The summed E-state index contributed by atoms with van der Waals surface area (Å²) in [6.07, 6.45) is 1.35. The highest BCUT2D eigenvalue weighted by atomic mass is 16.5. The molecule has 0 saturated carbocycles. The van der Waals surface area contributed by atoms with Crippen molar-refractivity contribution in [3.63, 3.8) is 0 Å². The van der Waals surface area contributed by atoms with Crippen molar-refractivity contribution in [3.8, 4) is 0 Å². The van der Waals surface area contributed by atoms with Gasteiger partial charge in [0.2, 0.25) is 5.91 Å². The standard InChI is InChI=1S/C14H20N2O3/c1-3-12(14(18)19-2)16-13(17)9-8-10-6-4-5-7-11(10)15/h4-7,12H,3,8-9,15H2,1-2H3,(H,16,17). The van der Waals surface area contributed by atoms with Crippen molar-refractivity contribution in [1.82, 2.24) is 5.32 Å². The van der Waals surface area contributed by atoms with Gasteiger partial charge in [0.15, 0.2) is 0 Å². The second kappa shape index (κ2) is 7.41. The normalized spacial score (nSPS) is 11.7. The molecule has 0 aromatic heterocycles. The Hall–Kier alpha value is -2.04. The number of methoxy groups -OCH3 is 1. The molecule has 0 fully saturated rings. The number of nitrogens with one attached hydrogen (secondary N) is 1. The monoisotopic (exact) mass is 264 g/mol. The molecule has 1 unspecified atom stereocenters. The summed E-state index contributed by atoms with van der Waals surface area (Å²) in [7, 11) is 1.31. The van der Waals surface area contributed by atoms with Crippen molar-refractivity contribution in [2.45, 2.75) is 32.2 Å². The number of benzene rings is 1. The predicted molar refractivity (Wildman–Crippen MR) is 73.4 cm³/mol. The summed E-state index contributed by atoms with van der Waals surface area (Å²) in [4.78, 5) is 23.1. The molecule has 0 aliphatic heterocycles. The van der Waals surface area contributed by atoms with Gasteiger partial charge in [0.25, 0.3) is 0 Å². The Balaban J connectivity index is 2.48. The van der Waals surface area contributed by atoms with Gasteiger partial charge < -0.3 is 15.8 Å². The van der Waals surface area contributed by atoms with Gasteiger partial charge in [-0.1, -0.05) is 25.1 Å². The molecule has 0 bridgehead atoms. The van der Waals surface area contributed by atoms with E-state index in [0.29, 0.717) is 24.9 Å². The Morgan fingerprint density at radius 2 is 2.05 bits per heavy atom. The van der Waals surface area contributed by atoms with Crippen molar-refractivity contribution in [3.05, 3.63) is 29.8 Å². The Labute approximate surface area is 113 Å². The Morgan fingerprint density at radius 1 is 1.37 bits per heavy atom. The molecule has 1 aromatic rings. The summed E-state index contributed by atoms with van der Waals surface area (Å²) in [5, 5.41) is 2.65. The number of hydrogen-bond donors (Lipinski definition) is 2. The van der Waals surface area contributed by atoms with E-state index in [1.807, 2.05) is 25.1 Å². The minimum atomic E-state index is -0.578. The van der Waals surface area contributed by atoms with E-state index in [1.165, 1.54) is 7.11 Å². The lowest BCUT2D eigenvalue weighted by Crippen LogP contribution is -2.41. The summed E-state index contributed by atoms with van der Waals surface area (Å²) in [5.41, 5.74) is 7.41. The van der Waals surface area contributed by atoms with Crippen LogP contribution in [0, 0.1) is 0 Å². The molecule has 5 heteroatoms. The molecule has 1 rings (SSSR count). The van der Waals surface area contributed by atoms with E-state index in [2.05, 4.69) is 10.1 Å². The molecule has 0 spiro atoms. The van der Waals surface area contributed by atoms with Gasteiger partial charge in [-0.05, 0) is 24.5 Å². The number of carbonyl (C=O) groups excluding carboxylic acids is 2. The van der Waals surface area contributed by atoms with Crippen LogP contribution in [0.5, 0.6) is 0 Å². The molecule has 19 heavy (non-hydrogen) atoms. The quantitative estimate of drug-likeness (QED) is 0.599. The van der Waals surface area contributed by atoms with Crippen molar-refractivity contribution in [2.24, 2.45) is 0 Å². The third kappa shape index (κ3) is 4.62. The zero-order chi connectivity index (χ0) is 14.3. The zero-order valence-electron chi connectivity index (χ0n) is 11.3. The fourth-order valence-electron chi connectivity index (χ4n) is 1.75. The van der Waals surface area contributed by atoms with Gasteiger partial charge in [0.1, 0.15) is 6.04 Å². The molecule has 104 valence electrons. The first-order valence-corrected chi connectivity index (χ1v) is 6.29. The molecule has 1 amide bonds. The number of nitrogen functional groups attached to an aromatic ring is 1. The van der Waals surface area contributed by atoms with Gasteiger partial charge >= 0.3 is 5.97 Å². The molecule has 0 aliphatic rings. The molecular weight excluding hydrogens is 244 g/mol. The summed E-state index contributed by atoms with van der Waals surface area (Å²) in [5.74, 6) is -0.601. The summed E-state index contributed by atoms with van der Waals surface area (Å²) in [6.45, 7) is 1.82. The van der Waals surface area contributed by atoms with E-state index in [9.17, 15) is 9.59 Å². The van der Waals surface area contributed by atoms with Crippen molar-refractivity contribution in [1.29, 1.82) is 0 Å². The smallest absolute Gasteiger partial charge is 0.328 e. The molecular formula is C14H20N2O3. The van der Waals surface area contributed by atoms with Gasteiger partial charge in [0.05, 0.1) is 7.11 Å². The van der Waals surface area contributed by atoms with E-state index in [1.54, 1.807) is 6.07 Å². The van der Waals surface area contributed by atoms with Gasteiger partial charge in [-0.2, -0.15) is 0 Å². The number of anilines is 1. The van der Waals surface area contributed by atoms with Crippen LogP contribution in [0.15, 0.2) is 24.3 Å². The minimum absolute atomic E-state index is 0.180. The fourth-order valence-corrected chi connectivity index (χ4v) is 1.75. The second-order valence-corrected chi connectivity index (χ2v) is 4.25. The molecule has 0 saturated heterocycles. The molecule has 1 atom stereocenters. The summed E-state index contributed by atoms with van der Waals surface area (Å²) >= 11 is 0. The highest BCUT2D eigenvalue weighted by Crippen LogP contribution is 2.12. The molecule has 1 aromatic carbocycles. The van der Waals surface area contributed by atoms with Gasteiger partial charge in [-0.25, -0.2) is 4.79 Å².